The van der Waals surface area contributed by atoms with E-state index in [1.165, 1.54) is 18.2 Å². The summed E-state index contributed by atoms with van der Waals surface area (Å²) in [7, 11) is 0. The van der Waals surface area contributed by atoms with E-state index in [2.05, 4.69) is 15.9 Å². The molecule has 0 aliphatic heterocycles. The van der Waals surface area contributed by atoms with Gasteiger partial charge in [-0.15, -0.1) is 0 Å². The molecule has 0 radical (unpaired) electrons. The van der Waals surface area contributed by atoms with Crippen molar-refractivity contribution >= 4 is 33.5 Å². The number of benzene rings is 1. The minimum Gasteiger partial charge on any atom is -0.478 e. The first-order chi connectivity index (χ1) is 7.41. The van der Waals surface area contributed by atoms with Crippen molar-refractivity contribution in [2.24, 2.45) is 0 Å². The van der Waals surface area contributed by atoms with Gasteiger partial charge in [0.15, 0.2) is 0 Å². The van der Waals surface area contributed by atoms with Crippen LogP contribution >= 0.6 is 15.9 Å². The molecule has 0 fully saturated rings. The van der Waals surface area contributed by atoms with Gasteiger partial charge in [-0.25, -0.2) is 4.79 Å². The second-order valence-corrected chi connectivity index (χ2v) is 3.70. The molecule has 1 aromatic carbocycles. The van der Waals surface area contributed by atoms with Crippen LogP contribution in [0.15, 0.2) is 22.7 Å². The van der Waals surface area contributed by atoms with Gasteiger partial charge in [0.25, 0.3) is 5.91 Å². The van der Waals surface area contributed by atoms with Crippen LogP contribution in [0.1, 0.15) is 10.4 Å². The Morgan fingerprint density at radius 2 is 2.00 bits per heavy atom. The zero-order valence-electron chi connectivity index (χ0n) is 7.71. The molecular formula is C9H6BrF2NO3. The van der Waals surface area contributed by atoms with Gasteiger partial charge in [0, 0.05) is 4.47 Å². The van der Waals surface area contributed by atoms with Crippen LogP contribution in [0.5, 0.6) is 0 Å². The molecule has 16 heavy (non-hydrogen) atoms. The Balaban J connectivity index is 3.06. The molecular weight excluding hydrogens is 288 g/mol. The molecule has 7 heteroatoms. The summed E-state index contributed by atoms with van der Waals surface area (Å²) in [5, 5.41) is 10.6. The van der Waals surface area contributed by atoms with Crippen LogP contribution in [0, 0.1) is 0 Å². The van der Waals surface area contributed by atoms with Crippen molar-refractivity contribution in [2.75, 3.05) is 5.32 Å². The number of nitrogens with one attached hydrogen (secondary N) is 1. The van der Waals surface area contributed by atoms with Crippen molar-refractivity contribution in [1.29, 1.82) is 0 Å². The van der Waals surface area contributed by atoms with Crippen LogP contribution in [0.4, 0.5) is 14.5 Å². The summed E-state index contributed by atoms with van der Waals surface area (Å²) in [4.78, 5) is 21.5. The fraction of sp³-hybridized carbons (Fsp3) is 0.111. The van der Waals surface area contributed by atoms with Crippen molar-refractivity contribution in [2.45, 2.75) is 6.43 Å². The third-order valence-corrected chi connectivity index (χ3v) is 2.16. The van der Waals surface area contributed by atoms with E-state index < -0.39 is 18.3 Å². The van der Waals surface area contributed by atoms with Gasteiger partial charge in [0.05, 0.1) is 11.3 Å². The van der Waals surface area contributed by atoms with Crippen molar-refractivity contribution < 1.29 is 23.5 Å². The molecule has 1 aromatic rings. The highest BCUT2D eigenvalue weighted by Gasteiger charge is 2.18. The van der Waals surface area contributed by atoms with Crippen molar-refractivity contribution in [3.05, 3.63) is 28.2 Å². The van der Waals surface area contributed by atoms with E-state index in [4.69, 9.17) is 5.11 Å². The Labute approximate surface area is 97.4 Å². The summed E-state index contributed by atoms with van der Waals surface area (Å²) in [6, 6.07) is 3.87. The number of carbonyl (C=O) groups is 2. The minimum atomic E-state index is -3.19. The maximum Gasteiger partial charge on any atom is 0.337 e. The van der Waals surface area contributed by atoms with Crippen LogP contribution < -0.4 is 5.32 Å². The van der Waals surface area contributed by atoms with Gasteiger partial charge in [-0.05, 0) is 18.2 Å². The molecule has 2 N–H and O–H groups in total. The zero-order chi connectivity index (χ0) is 12.3. The Hall–Kier alpha value is -1.50. The maximum absolute atomic E-state index is 12.0. The molecule has 0 aliphatic rings. The summed E-state index contributed by atoms with van der Waals surface area (Å²) in [6.07, 6.45) is -3.19. The molecule has 0 unspecified atom stereocenters. The van der Waals surface area contributed by atoms with E-state index in [1.54, 1.807) is 0 Å². The Morgan fingerprint density at radius 1 is 1.38 bits per heavy atom. The number of halogens is 3. The lowest BCUT2D eigenvalue weighted by molar-refractivity contribution is -0.126. The van der Waals surface area contributed by atoms with E-state index in [1.807, 2.05) is 5.32 Å². The highest BCUT2D eigenvalue weighted by Crippen LogP contribution is 2.22. The van der Waals surface area contributed by atoms with Gasteiger partial charge >= 0.3 is 12.4 Å². The fourth-order valence-corrected chi connectivity index (χ4v) is 1.35. The lowest BCUT2D eigenvalue weighted by Crippen LogP contribution is -2.21. The molecule has 0 aromatic heterocycles. The number of carboxylic acid groups (broad SMARTS) is 1. The quantitative estimate of drug-likeness (QED) is 0.899. The average molecular weight is 294 g/mol. The Kier molecular flexibility index (Phi) is 3.94. The van der Waals surface area contributed by atoms with E-state index in [0.29, 0.717) is 4.47 Å². The second kappa shape index (κ2) is 5.02. The summed E-state index contributed by atoms with van der Waals surface area (Å²) in [5.74, 6) is -2.85. The Morgan fingerprint density at radius 3 is 2.50 bits per heavy atom. The van der Waals surface area contributed by atoms with Crippen molar-refractivity contribution in [3.63, 3.8) is 0 Å². The molecule has 86 valence electrons. The third kappa shape index (κ3) is 2.99. The fourth-order valence-electron chi connectivity index (χ4n) is 0.994. The number of rotatable bonds is 3. The molecule has 1 amide bonds. The van der Waals surface area contributed by atoms with E-state index in [0.717, 1.165) is 0 Å². The molecule has 0 atom stereocenters. The van der Waals surface area contributed by atoms with Gasteiger partial charge < -0.3 is 10.4 Å². The van der Waals surface area contributed by atoms with E-state index >= 15 is 0 Å². The van der Waals surface area contributed by atoms with Gasteiger partial charge in [0.1, 0.15) is 0 Å². The molecule has 0 heterocycles. The first kappa shape index (κ1) is 12.6. The number of hydrogen-bond donors (Lipinski definition) is 2. The maximum atomic E-state index is 12.0. The van der Waals surface area contributed by atoms with Crippen LogP contribution in [-0.2, 0) is 4.79 Å². The molecule has 0 saturated carbocycles. The number of anilines is 1. The predicted octanol–water partition coefficient (Wildman–Crippen LogP) is 2.35. The smallest absolute Gasteiger partial charge is 0.337 e. The van der Waals surface area contributed by atoms with Crippen LogP contribution in [-0.4, -0.2) is 23.4 Å². The molecule has 0 aliphatic carbocycles. The first-order valence-electron chi connectivity index (χ1n) is 4.03. The van der Waals surface area contributed by atoms with Gasteiger partial charge in [0.2, 0.25) is 0 Å². The van der Waals surface area contributed by atoms with Gasteiger partial charge in [-0.1, -0.05) is 15.9 Å². The first-order valence-corrected chi connectivity index (χ1v) is 4.83. The Bertz CT molecular complexity index is 437. The van der Waals surface area contributed by atoms with Gasteiger partial charge in [-0.2, -0.15) is 8.78 Å². The SMILES string of the molecule is O=C(O)c1ccc(Br)cc1NC(=O)C(F)F. The highest BCUT2D eigenvalue weighted by molar-refractivity contribution is 9.10. The lowest BCUT2D eigenvalue weighted by Gasteiger charge is -2.08. The molecule has 1 rings (SSSR count). The lowest BCUT2D eigenvalue weighted by atomic mass is 10.2. The molecule has 0 bridgehead atoms. The average Bonchev–Trinajstić information content (AvgIpc) is 2.16. The molecule has 0 spiro atoms. The number of aromatic carboxylic acids is 1. The second-order valence-electron chi connectivity index (χ2n) is 2.79. The number of carbonyl (C=O) groups excluding carboxylic acids is 1. The summed E-state index contributed by atoms with van der Waals surface area (Å²) in [5.41, 5.74) is -0.427. The van der Waals surface area contributed by atoms with Crippen LogP contribution in [0.25, 0.3) is 0 Å². The van der Waals surface area contributed by atoms with Gasteiger partial charge in [-0.3, -0.25) is 4.79 Å². The zero-order valence-corrected chi connectivity index (χ0v) is 9.29. The third-order valence-electron chi connectivity index (χ3n) is 1.67. The van der Waals surface area contributed by atoms with Crippen molar-refractivity contribution in [3.8, 4) is 0 Å². The number of carboxylic acids is 1. The minimum absolute atomic E-state index is 0.174. The topological polar surface area (TPSA) is 66.4 Å². The van der Waals surface area contributed by atoms with E-state index in [-0.39, 0.29) is 11.3 Å². The van der Waals surface area contributed by atoms with Crippen LogP contribution in [0.2, 0.25) is 0 Å². The highest BCUT2D eigenvalue weighted by atomic mass is 79.9. The largest absolute Gasteiger partial charge is 0.478 e. The summed E-state index contributed by atoms with van der Waals surface area (Å²) >= 11 is 3.04. The number of alkyl halides is 2. The monoisotopic (exact) mass is 293 g/mol. The molecule has 0 saturated heterocycles. The number of amides is 1. The van der Waals surface area contributed by atoms with E-state index in [9.17, 15) is 18.4 Å². The van der Waals surface area contributed by atoms with Crippen molar-refractivity contribution in [1.82, 2.24) is 0 Å². The predicted molar refractivity (Wildman–Crippen MR) is 55.7 cm³/mol. The summed E-state index contributed by atoms with van der Waals surface area (Å²) < 4.78 is 24.4. The van der Waals surface area contributed by atoms with Crippen LogP contribution in [0.3, 0.4) is 0 Å². The number of hydrogen-bond acceptors (Lipinski definition) is 2. The normalized spacial score (nSPS) is 10.2. The summed E-state index contributed by atoms with van der Waals surface area (Å²) in [6.45, 7) is 0. The molecule has 4 nitrogen and oxygen atoms in total. The standard InChI is InChI=1S/C9H6BrF2NO3/c10-4-1-2-5(9(15)16)6(3-4)13-8(14)7(11)12/h1-3,7H,(H,13,14)(H,15,16).